The fourth-order valence-electron chi connectivity index (χ4n) is 3.83. The molecule has 1 unspecified atom stereocenters. The standard InChI is InChI=1S/C20H32ClN5O.HI/c1-22-20(24-12-6-14-27-17-7-3-2-4-8-17)25-16-10-13-26(15-16)19-18(21)9-5-11-23-19;/h5,9,11,16-17H,2-4,6-8,10,12-15H2,1H3,(H2,22,24,25);1H. The lowest BCUT2D eigenvalue weighted by molar-refractivity contribution is 0.0277. The van der Waals surface area contributed by atoms with Crippen LogP contribution in [0, 0.1) is 0 Å². The Hall–Kier alpha value is -0.800. The van der Waals surface area contributed by atoms with Crippen molar-refractivity contribution in [2.45, 2.75) is 57.1 Å². The van der Waals surface area contributed by atoms with Gasteiger partial charge in [-0.2, -0.15) is 0 Å². The first-order chi connectivity index (χ1) is 13.3. The molecule has 0 amide bonds. The smallest absolute Gasteiger partial charge is 0.191 e. The number of hydrogen-bond donors (Lipinski definition) is 2. The Kier molecular flexibility index (Phi) is 10.6. The molecule has 1 aliphatic carbocycles. The molecule has 0 bridgehead atoms. The number of aliphatic imine (C=N–C) groups is 1. The molecule has 3 rings (SSSR count). The molecule has 1 aromatic rings. The van der Waals surface area contributed by atoms with Gasteiger partial charge in [0.05, 0.1) is 11.1 Å². The Balaban J connectivity index is 0.00000280. The van der Waals surface area contributed by atoms with Crippen LogP contribution >= 0.6 is 35.6 Å². The maximum absolute atomic E-state index is 6.27. The third-order valence-electron chi connectivity index (χ3n) is 5.31. The average molecular weight is 522 g/mol. The number of rotatable bonds is 7. The molecule has 8 heteroatoms. The Bertz CT molecular complexity index is 612. The van der Waals surface area contributed by atoms with Gasteiger partial charge in [-0.1, -0.05) is 30.9 Å². The molecule has 2 fully saturated rings. The van der Waals surface area contributed by atoms with Crippen molar-refractivity contribution >= 4 is 47.4 Å². The Morgan fingerprint density at radius 1 is 1.32 bits per heavy atom. The molecular weight excluding hydrogens is 489 g/mol. The van der Waals surface area contributed by atoms with Crippen LogP contribution in [0.2, 0.25) is 5.02 Å². The molecule has 1 atom stereocenters. The molecule has 28 heavy (non-hydrogen) atoms. The summed E-state index contributed by atoms with van der Waals surface area (Å²) in [5, 5.41) is 7.62. The van der Waals surface area contributed by atoms with E-state index in [1.807, 2.05) is 19.2 Å². The molecule has 1 saturated heterocycles. The van der Waals surface area contributed by atoms with Gasteiger partial charge in [-0.05, 0) is 37.8 Å². The van der Waals surface area contributed by atoms with E-state index < -0.39 is 0 Å². The quantitative estimate of drug-likeness (QED) is 0.247. The van der Waals surface area contributed by atoms with Crippen LogP contribution in [-0.2, 0) is 4.74 Å². The lowest BCUT2D eigenvalue weighted by Gasteiger charge is -2.22. The summed E-state index contributed by atoms with van der Waals surface area (Å²) >= 11 is 6.27. The van der Waals surface area contributed by atoms with Gasteiger partial charge >= 0.3 is 0 Å². The molecule has 1 saturated carbocycles. The van der Waals surface area contributed by atoms with Crippen molar-refractivity contribution in [1.29, 1.82) is 0 Å². The molecule has 0 spiro atoms. The van der Waals surface area contributed by atoms with Gasteiger partial charge < -0.3 is 20.3 Å². The van der Waals surface area contributed by atoms with Crippen molar-refractivity contribution < 1.29 is 4.74 Å². The van der Waals surface area contributed by atoms with Gasteiger partial charge in [-0.15, -0.1) is 24.0 Å². The summed E-state index contributed by atoms with van der Waals surface area (Å²) in [4.78, 5) is 11.0. The van der Waals surface area contributed by atoms with E-state index in [0.29, 0.717) is 17.2 Å². The predicted molar refractivity (Wildman–Crippen MR) is 127 cm³/mol. The molecular formula is C20H33ClIN5O. The summed E-state index contributed by atoms with van der Waals surface area (Å²) in [6.07, 6.45) is 10.8. The van der Waals surface area contributed by atoms with Crippen molar-refractivity contribution in [3.05, 3.63) is 23.4 Å². The Morgan fingerprint density at radius 2 is 2.14 bits per heavy atom. The van der Waals surface area contributed by atoms with Gasteiger partial charge in [0.1, 0.15) is 5.82 Å². The second-order valence-electron chi connectivity index (χ2n) is 7.37. The van der Waals surface area contributed by atoms with E-state index in [0.717, 1.165) is 50.9 Å². The number of ether oxygens (including phenoxy) is 1. The fraction of sp³-hybridized carbons (Fsp3) is 0.700. The third kappa shape index (κ3) is 7.22. The number of hydrogen-bond acceptors (Lipinski definition) is 4. The van der Waals surface area contributed by atoms with Crippen molar-refractivity contribution in [2.75, 3.05) is 38.2 Å². The number of anilines is 1. The summed E-state index contributed by atoms with van der Waals surface area (Å²) in [6, 6.07) is 4.09. The minimum Gasteiger partial charge on any atom is -0.378 e. The largest absolute Gasteiger partial charge is 0.378 e. The topological polar surface area (TPSA) is 61.8 Å². The SMILES string of the molecule is CN=C(NCCCOC1CCCCC1)NC1CCN(c2ncccc2Cl)C1.I. The van der Waals surface area contributed by atoms with E-state index in [1.165, 1.54) is 32.1 Å². The van der Waals surface area contributed by atoms with Crippen LogP contribution in [0.3, 0.4) is 0 Å². The number of nitrogens with zero attached hydrogens (tertiary/aromatic N) is 3. The number of nitrogens with one attached hydrogen (secondary N) is 2. The summed E-state index contributed by atoms with van der Waals surface area (Å²) in [5.74, 6) is 1.72. The van der Waals surface area contributed by atoms with Crippen LogP contribution < -0.4 is 15.5 Å². The minimum atomic E-state index is 0. The zero-order valence-electron chi connectivity index (χ0n) is 16.7. The van der Waals surface area contributed by atoms with Crippen LogP contribution in [0.4, 0.5) is 5.82 Å². The van der Waals surface area contributed by atoms with Crippen LogP contribution in [0.5, 0.6) is 0 Å². The normalized spacial score (nSPS) is 20.7. The summed E-state index contributed by atoms with van der Waals surface area (Å²) < 4.78 is 5.98. The highest BCUT2D eigenvalue weighted by molar-refractivity contribution is 14.0. The average Bonchev–Trinajstić information content (AvgIpc) is 3.16. The van der Waals surface area contributed by atoms with Gasteiger partial charge in [0.2, 0.25) is 0 Å². The van der Waals surface area contributed by atoms with E-state index in [-0.39, 0.29) is 24.0 Å². The van der Waals surface area contributed by atoms with Gasteiger partial charge in [0.15, 0.2) is 5.96 Å². The number of aromatic nitrogens is 1. The predicted octanol–water partition coefficient (Wildman–Crippen LogP) is 3.84. The van der Waals surface area contributed by atoms with Crippen molar-refractivity contribution in [1.82, 2.24) is 15.6 Å². The fourth-order valence-corrected chi connectivity index (χ4v) is 4.07. The summed E-state index contributed by atoms with van der Waals surface area (Å²) in [5.41, 5.74) is 0. The monoisotopic (exact) mass is 521 g/mol. The number of halogens is 2. The van der Waals surface area contributed by atoms with E-state index in [4.69, 9.17) is 16.3 Å². The zero-order valence-corrected chi connectivity index (χ0v) is 19.8. The van der Waals surface area contributed by atoms with E-state index >= 15 is 0 Å². The molecule has 2 heterocycles. The van der Waals surface area contributed by atoms with E-state index in [2.05, 4.69) is 25.5 Å². The number of pyridine rings is 1. The van der Waals surface area contributed by atoms with Crippen LogP contribution in [0.1, 0.15) is 44.9 Å². The second kappa shape index (κ2) is 12.7. The number of guanidine groups is 1. The first-order valence-corrected chi connectivity index (χ1v) is 10.6. The molecule has 0 radical (unpaired) electrons. The van der Waals surface area contributed by atoms with Gasteiger partial charge in [0.25, 0.3) is 0 Å². The maximum atomic E-state index is 6.27. The molecule has 2 N–H and O–H groups in total. The second-order valence-corrected chi connectivity index (χ2v) is 7.78. The highest BCUT2D eigenvalue weighted by atomic mass is 127. The summed E-state index contributed by atoms with van der Waals surface area (Å²) in [6.45, 7) is 3.52. The first kappa shape index (κ1) is 23.5. The van der Waals surface area contributed by atoms with Crippen molar-refractivity contribution in [3.63, 3.8) is 0 Å². The highest BCUT2D eigenvalue weighted by Gasteiger charge is 2.25. The molecule has 158 valence electrons. The van der Waals surface area contributed by atoms with Gasteiger partial charge in [-0.25, -0.2) is 4.98 Å². The molecule has 0 aromatic carbocycles. The first-order valence-electron chi connectivity index (χ1n) is 10.2. The van der Waals surface area contributed by atoms with Crippen molar-refractivity contribution in [3.8, 4) is 0 Å². The van der Waals surface area contributed by atoms with Crippen molar-refractivity contribution in [2.24, 2.45) is 4.99 Å². The van der Waals surface area contributed by atoms with E-state index in [9.17, 15) is 0 Å². The van der Waals surface area contributed by atoms with Crippen LogP contribution in [-0.4, -0.2) is 56.4 Å². The lowest BCUT2D eigenvalue weighted by atomic mass is 9.98. The van der Waals surface area contributed by atoms with Gasteiger partial charge in [0, 0.05) is 45.5 Å². The Morgan fingerprint density at radius 3 is 2.89 bits per heavy atom. The molecule has 1 aromatic heterocycles. The minimum absolute atomic E-state index is 0. The highest BCUT2D eigenvalue weighted by Crippen LogP contribution is 2.25. The summed E-state index contributed by atoms with van der Waals surface area (Å²) in [7, 11) is 1.82. The zero-order chi connectivity index (χ0) is 18.9. The van der Waals surface area contributed by atoms with Crippen LogP contribution in [0.25, 0.3) is 0 Å². The van der Waals surface area contributed by atoms with Crippen LogP contribution in [0.15, 0.2) is 23.3 Å². The molecule has 2 aliphatic rings. The van der Waals surface area contributed by atoms with Gasteiger partial charge in [-0.3, -0.25) is 4.99 Å². The lowest BCUT2D eigenvalue weighted by Crippen LogP contribution is -2.45. The Labute approximate surface area is 190 Å². The molecule has 6 nitrogen and oxygen atoms in total. The van der Waals surface area contributed by atoms with E-state index in [1.54, 1.807) is 6.20 Å². The molecule has 1 aliphatic heterocycles. The maximum Gasteiger partial charge on any atom is 0.191 e. The third-order valence-corrected chi connectivity index (χ3v) is 5.61.